The topological polar surface area (TPSA) is 50.8 Å². The third-order valence-electron chi connectivity index (χ3n) is 10.7. The molecular weight excluding hydrogens is 631 g/mol. The lowest BCUT2D eigenvalue weighted by atomic mass is 9.64. The summed E-state index contributed by atoms with van der Waals surface area (Å²) < 4.78 is 0. The van der Waals surface area contributed by atoms with E-state index in [4.69, 9.17) is 0 Å². The van der Waals surface area contributed by atoms with E-state index >= 15 is 0 Å². The number of nitrogens with zero attached hydrogens (tertiary/aromatic N) is 3. The zero-order chi connectivity index (χ0) is 35.4. The number of benzene rings is 7. The molecule has 0 saturated heterocycles. The minimum Gasteiger partial charge on any atom is -0.309 e. The minimum absolute atomic E-state index is 0.356. The zero-order valence-corrected chi connectivity index (χ0v) is 28.8. The van der Waals surface area contributed by atoms with Gasteiger partial charge in [-0.1, -0.05) is 139 Å². The fourth-order valence-corrected chi connectivity index (χ4v) is 8.50. The third-order valence-corrected chi connectivity index (χ3v) is 10.7. The monoisotopic (exact) mass is 661 g/mol. The van der Waals surface area contributed by atoms with E-state index < -0.39 is 5.41 Å². The maximum Gasteiger partial charge on any atom is 0.101 e. The Morgan fingerprint density at radius 3 is 1.44 bits per heavy atom. The molecule has 0 N–H and O–H groups in total. The van der Waals surface area contributed by atoms with E-state index in [2.05, 4.69) is 151 Å². The quantitative estimate of drug-likeness (QED) is 0.173. The van der Waals surface area contributed by atoms with Crippen LogP contribution in [0, 0.1) is 48.4 Å². The summed E-state index contributed by atoms with van der Waals surface area (Å²) in [5, 5.41) is 19.8. The van der Waals surface area contributed by atoms with Gasteiger partial charge in [-0.05, 0) is 88.2 Å². The standard InChI is InChI=1S/C49H31N3/c1-32-14-11-19-37(38-20-13-16-34(30-50)41(38)31-51)35(32)28-29-36-33(2)15-12-27-46(36)52-47-25-9-7-23-44(47)49(45-24-8-10-26-48(45)52)42-21-5-3-17-39(42)40-18-4-6-22-43(40)49/h3-27H,1-2H3. The van der Waals surface area contributed by atoms with Crippen molar-refractivity contribution in [3.8, 4) is 46.2 Å². The van der Waals surface area contributed by atoms with Gasteiger partial charge < -0.3 is 4.90 Å². The van der Waals surface area contributed by atoms with Crippen molar-refractivity contribution in [3.63, 3.8) is 0 Å². The van der Waals surface area contributed by atoms with E-state index in [1.165, 1.54) is 33.4 Å². The molecule has 0 bridgehead atoms. The molecule has 0 aromatic heterocycles. The van der Waals surface area contributed by atoms with Crippen LogP contribution in [0.4, 0.5) is 17.1 Å². The highest BCUT2D eigenvalue weighted by Gasteiger charge is 2.51. The first-order valence-electron chi connectivity index (χ1n) is 17.4. The van der Waals surface area contributed by atoms with Gasteiger partial charge in [-0.3, -0.25) is 0 Å². The molecule has 3 nitrogen and oxygen atoms in total. The van der Waals surface area contributed by atoms with Crippen LogP contribution in [0.25, 0.3) is 22.3 Å². The molecule has 0 atom stereocenters. The summed E-state index contributed by atoms with van der Waals surface area (Å²) in [6.45, 7) is 4.16. The molecule has 0 saturated carbocycles. The molecule has 0 radical (unpaired) electrons. The second-order valence-electron chi connectivity index (χ2n) is 13.4. The highest BCUT2D eigenvalue weighted by atomic mass is 15.2. The van der Waals surface area contributed by atoms with Crippen LogP contribution in [0.3, 0.4) is 0 Å². The largest absolute Gasteiger partial charge is 0.309 e. The molecule has 0 amide bonds. The molecule has 2 aliphatic rings. The van der Waals surface area contributed by atoms with Gasteiger partial charge >= 0.3 is 0 Å². The lowest BCUT2D eigenvalue weighted by molar-refractivity contribution is 0.752. The maximum absolute atomic E-state index is 10.1. The van der Waals surface area contributed by atoms with Crippen molar-refractivity contribution >= 4 is 17.1 Å². The van der Waals surface area contributed by atoms with Crippen LogP contribution < -0.4 is 4.90 Å². The van der Waals surface area contributed by atoms with Gasteiger partial charge in [-0.15, -0.1) is 0 Å². The fraction of sp³-hybridized carbons (Fsp3) is 0.0612. The van der Waals surface area contributed by atoms with Crippen molar-refractivity contribution in [2.24, 2.45) is 0 Å². The fourth-order valence-electron chi connectivity index (χ4n) is 8.50. The number of para-hydroxylation sites is 2. The second kappa shape index (κ2) is 12.0. The van der Waals surface area contributed by atoms with Crippen molar-refractivity contribution in [2.45, 2.75) is 19.3 Å². The van der Waals surface area contributed by atoms with Crippen LogP contribution in [-0.4, -0.2) is 0 Å². The van der Waals surface area contributed by atoms with Gasteiger partial charge in [0, 0.05) is 11.1 Å². The molecule has 52 heavy (non-hydrogen) atoms. The van der Waals surface area contributed by atoms with Gasteiger partial charge in [0.2, 0.25) is 0 Å². The van der Waals surface area contributed by atoms with Gasteiger partial charge in [-0.25, -0.2) is 0 Å². The summed E-state index contributed by atoms with van der Waals surface area (Å²) in [4.78, 5) is 2.39. The summed E-state index contributed by atoms with van der Waals surface area (Å²) in [6, 6.07) is 57.6. The van der Waals surface area contributed by atoms with Crippen LogP contribution in [0.5, 0.6) is 0 Å². The summed E-state index contributed by atoms with van der Waals surface area (Å²) >= 11 is 0. The van der Waals surface area contributed by atoms with Crippen molar-refractivity contribution in [2.75, 3.05) is 4.90 Å². The number of rotatable bonds is 2. The third kappa shape index (κ3) is 4.32. The molecular formula is C49H31N3. The first-order valence-corrected chi connectivity index (χ1v) is 17.4. The number of fused-ring (bicyclic) bond motifs is 9. The molecule has 1 aliphatic carbocycles. The SMILES string of the molecule is Cc1cccc(-c2cccc(C#N)c2C#N)c1C#Cc1c(C)cccc1N1c2ccccc2C2(c3ccccc3-c3ccccc32)c2ccccc21. The highest BCUT2D eigenvalue weighted by molar-refractivity contribution is 5.96. The van der Waals surface area contributed by atoms with Gasteiger partial charge in [0.1, 0.15) is 12.1 Å². The van der Waals surface area contributed by atoms with Gasteiger partial charge in [0.25, 0.3) is 0 Å². The van der Waals surface area contributed by atoms with Gasteiger partial charge in [0.05, 0.1) is 39.2 Å². The Hall–Kier alpha value is -7.12. The predicted octanol–water partition coefficient (Wildman–Crippen LogP) is 11.3. The molecule has 3 heteroatoms. The molecule has 0 fully saturated rings. The summed E-state index contributed by atoms with van der Waals surface area (Å²) in [6.07, 6.45) is 0. The highest BCUT2D eigenvalue weighted by Crippen LogP contribution is 2.63. The molecule has 0 unspecified atom stereocenters. The number of aryl methyl sites for hydroxylation is 2. The van der Waals surface area contributed by atoms with E-state index in [0.29, 0.717) is 16.7 Å². The summed E-state index contributed by atoms with van der Waals surface area (Å²) in [7, 11) is 0. The number of hydrogen-bond acceptors (Lipinski definition) is 3. The van der Waals surface area contributed by atoms with Crippen LogP contribution in [0.1, 0.15) is 55.6 Å². The van der Waals surface area contributed by atoms with Gasteiger partial charge in [0.15, 0.2) is 0 Å². The molecule has 7 aromatic carbocycles. The van der Waals surface area contributed by atoms with E-state index in [9.17, 15) is 10.5 Å². The first kappa shape index (κ1) is 30.9. The smallest absolute Gasteiger partial charge is 0.101 e. The van der Waals surface area contributed by atoms with E-state index in [1.807, 2.05) is 37.3 Å². The maximum atomic E-state index is 10.1. The molecule has 1 aliphatic heterocycles. The minimum atomic E-state index is -0.487. The van der Waals surface area contributed by atoms with Crippen molar-refractivity contribution in [1.82, 2.24) is 0 Å². The predicted molar refractivity (Wildman–Crippen MR) is 209 cm³/mol. The van der Waals surface area contributed by atoms with Crippen molar-refractivity contribution in [1.29, 1.82) is 10.5 Å². The van der Waals surface area contributed by atoms with Crippen LogP contribution in [0.2, 0.25) is 0 Å². The molecule has 7 aromatic rings. The summed E-state index contributed by atoms with van der Waals surface area (Å²) in [5.74, 6) is 7.19. The number of hydrogen-bond donors (Lipinski definition) is 0. The average molecular weight is 662 g/mol. The molecule has 242 valence electrons. The Morgan fingerprint density at radius 1 is 0.404 bits per heavy atom. The average Bonchev–Trinajstić information content (AvgIpc) is 3.48. The Labute approximate surface area is 304 Å². The lowest BCUT2D eigenvalue weighted by Crippen LogP contribution is -2.36. The van der Waals surface area contributed by atoms with Crippen LogP contribution in [0.15, 0.2) is 152 Å². The van der Waals surface area contributed by atoms with Crippen LogP contribution >= 0.6 is 0 Å². The van der Waals surface area contributed by atoms with Crippen molar-refractivity contribution < 1.29 is 0 Å². The molecule has 1 spiro atoms. The van der Waals surface area contributed by atoms with E-state index in [0.717, 1.165) is 44.9 Å². The lowest BCUT2D eigenvalue weighted by Gasteiger charge is -2.45. The molecule has 1 heterocycles. The van der Waals surface area contributed by atoms with E-state index in [-0.39, 0.29) is 0 Å². The normalized spacial score (nSPS) is 12.7. The summed E-state index contributed by atoms with van der Waals surface area (Å²) in [5.41, 5.74) is 16.4. The van der Waals surface area contributed by atoms with Gasteiger partial charge in [-0.2, -0.15) is 10.5 Å². The van der Waals surface area contributed by atoms with Crippen molar-refractivity contribution in [3.05, 3.63) is 207 Å². The molecule has 9 rings (SSSR count). The Kier molecular flexibility index (Phi) is 7.15. The number of nitriles is 2. The Bertz CT molecular complexity index is 2670. The first-order chi connectivity index (χ1) is 25.6. The van der Waals surface area contributed by atoms with E-state index in [1.54, 1.807) is 6.07 Å². The Morgan fingerprint density at radius 2 is 0.846 bits per heavy atom. The zero-order valence-electron chi connectivity index (χ0n) is 28.8. The van der Waals surface area contributed by atoms with Crippen LogP contribution in [-0.2, 0) is 5.41 Å². The Balaban J connectivity index is 1.28. The number of anilines is 3. The second-order valence-corrected chi connectivity index (χ2v) is 13.4.